The fourth-order valence-electron chi connectivity index (χ4n) is 7.96. The number of nitrogens with zero attached hydrogens (tertiary/aromatic N) is 4. The van der Waals surface area contributed by atoms with E-state index in [0.717, 1.165) is 22.9 Å². The number of para-hydroxylation sites is 2. The molecule has 0 amide bonds. The molecule has 2 aromatic heterocycles. The van der Waals surface area contributed by atoms with Gasteiger partial charge in [-0.15, -0.1) is 0 Å². The first-order chi connectivity index (χ1) is 20.0. The zero-order chi connectivity index (χ0) is 28.3. The van der Waals surface area contributed by atoms with Crippen LogP contribution in [0.15, 0.2) is 52.2 Å². The van der Waals surface area contributed by atoms with E-state index in [9.17, 15) is 19.5 Å². The first kappa shape index (κ1) is 27.9. The molecule has 3 fully saturated rings. The van der Waals surface area contributed by atoms with Crippen LogP contribution in [0.1, 0.15) is 95.9 Å². The minimum absolute atomic E-state index is 0.0326. The van der Waals surface area contributed by atoms with Gasteiger partial charge in [0.25, 0.3) is 11.1 Å². The molecule has 6 rings (SSSR count). The van der Waals surface area contributed by atoms with E-state index in [0.29, 0.717) is 23.6 Å². The first-order valence-corrected chi connectivity index (χ1v) is 15.7. The molecule has 8 heteroatoms. The Bertz CT molecular complexity index is 1490. The van der Waals surface area contributed by atoms with Crippen molar-refractivity contribution in [3.8, 4) is 11.3 Å². The maximum Gasteiger partial charge on any atom is 0.323 e. The molecule has 0 unspecified atom stereocenters. The largest absolute Gasteiger partial charge is 0.480 e. The Hall–Kier alpha value is -3.26. The van der Waals surface area contributed by atoms with Crippen molar-refractivity contribution in [1.82, 2.24) is 19.0 Å². The average Bonchev–Trinajstić information content (AvgIpc) is 2.96. The van der Waals surface area contributed by atoms with Crippen molar-refractivity contribution in [3.05, 3.63) is 63.3 Å². The van der Waals surface area contributed by atoms with Crippen LogP contribution in [-0.4, -0.2) is 48.2 Å². The van der Waals surface area contributed by atoms with E-state index in [-0.39, 0.29) is 22.9 Å². The zero-order valence-corrected chi connectivity index (χ0v) is 23.9. The molecule has 3 atom stereocenters. The van der Waals surface area contributed by atoms with Crippen LogP contribution in [0.3, 0.4) is 0 Å². The van der Waals surface area contributed by atoms with E-state index < -0.39 is 18.1 Å². The molecule has 3 aliphatic rings. The highest BCUT2D eigenvalue weighted by atomic mass is 16.4. The minimum Gasteiger partial charge on any atom is -0.480 e. The summed E-state index contributed by atoms with van der Waals surface area (Å²) in [6.45, 7) is -0.461. The SMILES string of the molecule is O=C(O)Cn1cccc(-c2nc3ccccc3n([C@@H]3C[C@H]4CCC[C@@H](C3)N4C3CCCCCCCCC3)c2=O)c1=O. The van der Waals surface area contributed by atoms with Crippen LogP contribution in [0, 0.1) is 0 Å². The predicted octanol–water partition coefficient (Wildman–Crippen LogP) is 5.76. The minimum atomic E-state index is -1.11. The number of aliphatic carboxylic acids is 1. The molecule has 3 aromatic rings. The molecule has 1 saturated carbocycles. The number of carboxylic acids is 1. The zero-order valence-electron chi connectivity index (χ0n) is 23.9. The van der Waals surface area contributed by atoms with Crippen LogP contribution < -0.4 is 11.1 Å². The molecule has 4 heterocycles. The summed E-state index contributed by atoms with van der Waals surface area (Å²) in [5.41, 5.74) is 0.965. The van der Waals surface area contributed by atoms with E-state index in [4.69, 9.17) is 0 Å². The van der Waals surface area contributed by atoms with Gasteiger partial charge in [-0.05, 0) is 62.8 Å². The van der Waals surface area contributed by atoms with Crippen LogP contribution >= 0.6 is 0 Å². The predicted molar refractivity (Wildman–Crippen MR) is 160 cm³/mol. The van der Waals surface area contributed by atoms with Gasteiger partial charge in [-0.3, -0.25) is 19.3 Å². The standard InChI is InChI=1S/C33H42N4O4/c38-30(39)22-35-19-11-16-27(32(35)40)31-33(41)37(29-18-9-8-17-28(29)34-31)26-20-24-14-10-15-25(21-26)36(24)23-12-6-4-2-1-3-5-7-13-23/h8-9,11,16-19,23-26H,1-7,10,12-15,20-22H2,(H,38,39)/t24-,25+,26-. The van der Waals surface area contributed by atoms with Gasteiger partial charge in [0.05, 0.1) is 16.6 Å². The van der Waals surface area contributed by atoms with E-state index in [1.165, 1.54) is 83.2 Å². The van der Waals surface area contributed by atoms with Crippen molar-refractivity contribution in [2.24, 2.45) is 0 Å². The van der Waals surface area contributed by atoms with Crippen molar-refractivity contribution in [3.63, 3.8) is 0 Å². The number of benzene rings is 1. The fraction of sp³-hybridized carbons (Fsp3) is 0.576. The Balaban J connectivity index is 1.37. The van der Waals surface area contributed by atoms with Crippen molar-refractivity contribution in [1.29, 1.82) is 0 Å². The van der Waals surface area contributed by atoms with Crippen molar-refractivity contribution >= 4 is 17.0 Å². The highest BCUT2D eigenvalue weighted by Gasteiger charge is 2.42. The molecule has 0 radical (unpaired) electrons. The van der Waals surface area contributed by atoms with Crippen LogP contribution in [0.4, 0.5) is 0 Å². The second-order valence-corrected chi connectivity index (χ2v) is 12.4. The summed E-state index contributed by atoms with van der Waals surface area (Å²) in [4.78, 5) is 46.4. The molecule has 2 aliphatic heterocycles. The normalized spacial score (nSPS) is 24.7. The van der Waals surface area contributed by atoms with Gasteiger partial charge in [0.1, 0.15) is 12.2 Å². The number of fused-ring (bicyclic) bond motifs is 3. The monoisotopic (exact) mass is 558 g/mol. The lowest BCUT2D eigenvalue weighted by molar-refractivity contribution is -0.137. The summed E-state index contributed by atoms with van der Waals surface area (Å²) in [6.07, 6.45) is 18.9. The van der Waals surface area contributed by atoms with Gasteiger partial charge in [-0.1, -0.05) is 63.5 Å². The summed E-state index contributed by atoms with van der Waals surface area (Å²) < 4.78 is 3.04. The van der Waals surface area contributed by atoms with Crippen LogP contribution in [0.25, 0.3) is 22.3 Å². The van der Waals surface area contributed by atoms with E-state index in [1.807, 2.05) is 28.8 Å². The van der Waals surface area contributed by atoms with E-state index >= 15 is 0 Å². The van der Waals surface area contributed by atoms with Crippen LogP contribution in [-0.2, 0) is 11.3 Å². The quantitative estimate of drug-likeness (QED) is 0.428. The van der Waals surface area contributed by atoms with Gasteiger partial charge in [-0.25, -0.2) is 4.98 Å². The highest BCUT2D eigenvalue weighted by Crippen LogP contribution is 2.42. The number of rotatable bonds is 5. The third-order valence-electron chi connectivity index (χ3n) is 9.74. The van der Waals surface area contributed by atoms with E-state index in [1.54, 1.807) is 12.1 Å². The van der Waals surface area contributed by atoms with Crippen molar-refractivity contribution < 1.29 is 9.90 Å². The third kappa shape index (κ3) is 5.76. The molecule has 1 aromatic carbocycles. The smallest absolute Gasteiger partial charge is 0.323 e. The average molecular weight is 559 g/mol. The lowest BCUT2D eigenvalue weighted by Crippen LogP contribution is -2.57. The molecule has 8 nitrogen and oxygen atoms in total. The number of carbonyl (C=O) groups is 1. The maximum atomic E-state index is 14.2. The highest BCUT2D eigenvalue weighted by molar-refractivity contribution is 5.78. The van der Waals surface area contributed by atoms with Crippen LogP contribution in [0.5, 0.6) is 0 Å². The van der Waals surface area contributed by atoms with Crippen molar-refractivity contribution in [2.45, 2.75) is 121 Å². The van der Waals surface area contributed by atoms with Gasteiger partial charge in [0.15, 0.2) is 0 Å². The summed E-state index contributed by atoms with van der Waals surface area (Å²) in [7, 11) is 0. The second-order valence-electron chi connectivity index (χ2n) is 12.4. The molecule has 2 saturated heterocycles. The molecule has 2 bridgehead atoms. The molecule has 1 aliphatic carbocycles. The van der Waals surface area contributed by atoms with Gasteiger partial charge < -0.3 is 14.2 Å². The van der Waals surface area contributed by atoms with Gasteiger partial charge in [-0.2, -0.15) is 0 Å². The third-order valence-corrected chi connectivity index (χ3v) is 9.74. The lowest BCUT2D eigenvalue weighted by Gasteiger charge is -2.53. The Morgan fingerprint density at radius 2 is 1.39 bits per heavy atom. The number of carboxylic acid groups (broad SMARTS) is 1. The number of hydrogen-bond acceptors (Lipinski definition) is 5. The summed E-state index contributed by atoms with van der Waals surface area (Å²) >= 11 is 0. The Morgan fingerprint density at radius 3 is 2.07 bits per heavy atom. The first-order valence-electron chi connectivity index (χ1n) is 15.7. The van der Waals surface area contributed by atoms with Gasteiger partial charge in [0.2, 0.25) is 0 Å². The number of hydrogen-bond donors (Lipinski definition) is 1. The fourth-order valence-corrected chi connectivity index (χ4v) is 7.96. The van der Waals surface area contributed by atoms with Gasteiger partial charge in [0, 0.05) is 30.4 Å². The summed E-state index contributed by atoms with van der Waals surface area (Å²) in [6, 6.07) is 12.5. The number of pyridine rings is 1. The second kappa shape index (κ2) is 12.3. The van der Waals surface area contributed by atoms with E-state index in [2.05, 4.69) is 9.88 Å². The molecule has 0 spiro atoms. The Morgan fingerprint density at radius 1 is 0.756 bits per heavy atom. The maximum absolute atomic E-state index is 14.2. The Labute approximate surface area is 241 Å². The number of aromatic nitrogens is 3. The molecular weight excluding hydrogens is 516 g/mol. The van der Waals surface area contributed by atoms with Gasteiger partial charge >= 0.3 is 5.97 Å². The summed E-state index contributed by atoms with van der Waals surface area (Å²) in [5, 5.41) is 9.27. The lowest BCUT2D eigenvalue weighted by atomic mass is 9.79. The molecule has 41 heavy (non-hydrogen) atoms. The molecule has 1 N–H and O–H groups in total. The molecule has 218 valence electrons. The number of piperidine rings is 2. The molecular formula is C33H42N4O4. The topological polar surface area (TPSA) is 97.4 Å². The van der Waals surface area contributed by atoms with Crippen molar-refractivity contribution in [2.75, 3.05) is 0 Å². The summed E-state index contributed by atoms with van der Waals surface area (Å²) in [5.74, 6) is -1.11. The van der Waals surface area contributed by atoms with Crippen LogP contribution in [0.2, 0.25) is 0 Å². The Kier molecular flexibility index (Phi) is 8.37.